The third kappa shape index (κ3) is 4.40. The Morgan fingerprint density at radius 1 is 0.714 bits per heavy atom. The zero-order valence-electron chi connectivity index (χ0n) is 16.9. The number of nitrogens with one attached hydrogen (secondary N) is 3. The van der Waals surface area contributed by atoms with Crippen LogP contribution in [0, 0.1) is 41.5 Å². The van der Waals surface area contributed by atoms with Gasteiger partial charge >= 0.3 is 11.8 Å². The van der Waals surface area contributed by atoms with Crippen LogP contribution in [0.4, 0.5) is 5.69 Å². The number of hydrogen-bond acceptors (Lipinski definition) is 4. The van der Waals surface area contributed by atoms with Crippen molar-refractivity contribution in [2.75, 3.05) is 5.32 Å². The van der Waals surface area contributed by atoms with Gasteiger partial charge in [0.05, 0.1) is 4.90 Å². The molecule has 0 fully saturated rings. The molecule has 0 aliphatic rings. The van der Waals surface area contributed by atoms with Crippen LogP contribution in [-0.2, 0) is 19.6 Å². The van der Waals surface area contributed by atoms with Crippen molar-refractivity contribution in [3.63, 3.8) is 0 Å². The van der Waals surface area contributed by atoms with Gasteiger partial charge in [0, 0.05) is 5.69 Å². The first-order valence-corrected chi connectivity index (χ1v) is 10.2. The molecular formula is C20H25N3O4S. The summed E-state index contributed by atoms with van der Waals surface area (Å²) < 4.78 is 25.5. The topological polar surface area (TPSA) is 104 Å². The van der Waals surface area contributed by atoms with Crippen molar-refractivity contribution >= 4 is 27.5 Å². The molecule has 0 aromatic heterocycles. The lowest BCUT2D eigenvalue weighted by Gasteiger charge is -2.19. The number of amides is 2. The third-order valence-corrected chi connectivity index (χ3v) is 6.54. The van der Waals surface area contributed by atoms with Crippen molar-refractivity contribution in [1.82, 2.24) is 10.3 Å². The maximum absolute atomic E-state index is 12.8. The molecule has 0 bridgehead atoms. The number of hydrazine groups is 1. The Kier molecular flexibility index (Phi) is 6.26. The van der Waals surface area contributed by atoms with Gasteiger partial charge in [0.25, 0.3) is 10.0 Å². The molecule has 2 amide bonds. The van der Waals surface area contributed by atoms with Crippen molar-refractivity contribution in [3.8, 4) is 0 Å². The van der Waals surface area contributed by atoms with Crippen molar-refractivity contribution in [3.05, 3.63) is 57.6 Å². The number of benzene rings is 2. The Labute approximate surface area is 165 Å². The van der Waals surface area contributed by atoms with E-state index in [-0.39, 0.29) is 4.90 Å². The predicted molar refractivity (Wildman–Crippen MR) is 108 cm³/mol. The highest BCUT2D eigenvalue weighted by atomic mass is 32.2. The summed E-state index contributed by atoms with van der Waals surface area (Å²) in [5, 5.41) is 2.41. The number of carbonyl (C=O) groups excluding carboxylic acids is 2. The maximum Gasteiger partial charge on any atom is 0.324 e. The fourth-order valence-electron chi connectivity index (χ4n) is 2.91. The number of anilines is 1. The summed E-state index contributed by atoms with van der Waals surface area (Å²) in [6.45, 7) is 11.0. The molecule has 2 aromatic rings. The summed E-state index contributed by atoms with van der Waals surface area (Å²) in [6.07, 6.45) is 0. The van der Waals surface area contributed by atoms with Crippen LogP contribution in [0.3, 0.4) is 0 Å². The Morgan fingerprint density at radius 2 is 1.18 bits per heavy atom. The minimum absolute atomic E-state index is 0.104. The molecule has 150 valence electrons. The van der Waals surface area contributed by atoms with Crippen molar-refractivity contribution < 1.29 is 18.0 Å². The van der Waals surface area contributed by atoms with E-state index in [1.54, 1.807) is 38.1 Å². The molecule has 0 aliphatic heterocycles. The second-order valence-corrected chi connectivity index (χ2v) is 8.45. The van der Waals surface area contributed by atoms with E-state index in [1.807, 2.05) is 38.0 Å². The van der Waals surface area contributed by atoms with Crippen molar-refractivity contribution in [2.45, 2.75) is 46.4 Å². The highest BCUT2D eigenvalue weighted by Gasteiger charge is 2.25. The summed E-state index contributed by atoms with van der Waals surface area (Å²) in [4.78, 5) is 26.1. The molecule has 0 saturated carbocycles. The van der Waals surface area contributed by atoms with Gasteiger partial charge in [0.15, 0.2) is 0 Å². The van der Waals surface area contributed by atoms with Gasteiger partial charge in [-0.05, 0) is 81.5 Å². The average Bonchev–Trinajstić information content (AvgIpc) is 2.64. The third-order valence-electron chi connectivity index (χ3n) is 5.01. The molecule has 0 atom stereocenters. The van der Waals surface area contributed by atoms with Crippen LogP contribution in [0.2, 0.25) is 0 Å². The predicted octanol–water partition coefficient (Wildman–Crippen LogP) is 2.49. The van der Waals surface area contributed by atoms with Crippen LogP contribution in [-0.4, -0.2) is 20.2 Å². The number of aryl methyl sites for hydroxylation is 1. The second-order valence-electron chi connectivity index (χ2n) is 6.83. The van der Waals surface area contributed by atoms with Crippen LogP contribution in [0.25, 0.3) is 0 Å². The summed E-state index contributed by atoms with van der Waals surface area (Å²) in [7, 11) is -4.05. The molecule has 28 heavy (non-hydrogen) atoms. The number of carbonyl (C=O) groups is 2. The van der Waals surface area contributed by atoms with Gasteiger partial charge in [-0.1, -0.05) is 17.7 Å². The van der Waals surface area contributed by atoms with E-state index in [4.69, 9.17) is 0 Å². The van der Waals surface area contributed by atoms with Gasteiger partial charge in [0.1, 0.15) is 0 Å². The van der Waals surface area contributed by atoms with Crippen LogP contribution < -0.4 is 15.6 Å². The maximum atomic E-state index is 12.8. The Balaban J connectivity index is 2.16. The first-order chi connectivity index (χ1) is 13.0. The SMILES string of the molecule is Cc1ccc(NC(=O)C(=O)NNS(=O)(=O)c2c(C)c(C)c(C)c(C)c2C)cc1. The van der Waals surface area contributed by atoms with E-state index in [0.29, 0.717) is 16.8 Å². The largest absolute Gasteiger partial charge is 0.324 e. The summed E-state index contributed by atoms with van der Waals surface area (Å²) in [6, 6.07) is 6.86. The Hall–Kier alpha value is -2.71. The molecule has 0 saturated heterocycles. The molecule has 0 radical (unpaired) electrons. The van der Waals surface area contributed by atoms with Gasteiger partial charge in [-0.3, -0.25) is 15.0 Å². The molecule has 2 aromatic carbocycles. The van der Waals surface area contributed by atoms with E-state index < -0.39 is 21.8 Å². The molecule has 8 heteroatoms. The van der Waals surface area contributed by atoms with Crippen LogP contribution >= 0.6 is 0 Å². The quantitative estimate of drug-likeness (QED) is 0.539. The molecule has 0 unspecified atom stereocenters. The Bertz CT molecular complexity index is 1010. The van der Waals surface area contributed by atoms with Crippen LogP contribution in [0.1, 0.15) is 33.4 Å². The summed E-state index contributed by atoms with van der Waals surface area (Å²) >= 11 is 0. The van der Waals surface area contributed by atoms with Gasteiger partial charge in [-0.25, -0.2) is 8.42 Å². The molecule has 0 heterocycles. The van der Waals surface area contributed by atoms with Crippen LogP contribution in [0.5, 0.6) is 0 Å². The zero-order valence-corrected chi connectivity index (χ0v) is 17.7. The molecule has 0 spiro atoms. The first kappa shape index (κ1) is 21.6. The Morgan fingerprint density at radius 3 is 1.68 bits per heavy atom. The molecule has 7 nitrogen and oxygen atoms in total. The fraction of sp³-hybridized carbons (Fsp3) is 0.300. The van der Waals surface area contributed by atoms with Crippen molar-refractivity contribution in [1.29, 1.82) is 0 Å². The van der Waals surface area contributed by atoms with Gasteiger partial charge in [-0.15, -0.1) is 4.83 Å². The standard InChI is InChI=1S/C20H25N3O4S/c1-11-7-9-17(10-8-11)21-19(24)20(25)22-23-28(26,27)18-15(5)13(3)12(2)14(4)16(18)6/h7-10,23H,1-6H3,(H,21,24)(H,22,25). The smallest absolute Gasteiger partial charge is 0.318 e. The summed E-state index contributed by atoms with van der Waals surface area (Å²) in [5.41, 5.74) is 7.38. The van der Waals surface area contributed by atoms with Crippen molar-refractivity contribution in [2.24, 2.45) is 0 Å². The van der Waals surface area contributed by atoms with Gasteiger partial charge in [0.2, 0.25) is 0 Å². The minimum atomic E-state index is -4.05. The van der Waals surface area contributed by atoms with E-state index in [2.05, 4.69) is 5.32 Å². The average molecular weight is 404 g/mol. The van der Waals surface area contributed by atoms with E-state index in [1.165, 1.54) is 0 Å². The molecule has 0 aliphatic carbocycles. The van der Waals surface area contributed by atoms with E-state index in [9.17, 15) is 18.0 Å². The highest BCUT2D eigenvalue weighted by molar-refractivity contribution is 7.89. The molecular weight excluding hydrogens is 378 g/mol. The van der Waals surface area contributed by atoms with Gasteiger partial charge in [-0.2, -0.15) is 0 Å². The normalized spacial score (nSPS) is 11.2. The second kappa shape index (κ2) is 8.12. The summed E-state index contributed by atoms with van der Waals surface area (Å²) in [5.74, 6) is -2.09. The zero-order chi connectivity index (χ0) is 21.2. The van der Waals surface area contributed by atoms with Crippen LogP contribution in [0.15, 0.2) is 29.2 Å². The fourth-order valence-corrected chi connectivity index (χ4v) is 4.36. The lowest BCUT2D eigenvalue weighted by Crippen LogP contribution is -2.46. The highest BCUT2D eigenvalue weighted by Crippen LogP contribution is 2.29. The minimum Gasteiger partial charge on any atom is -0.318 e. The number of hydrogen-bond donors (Lipinski definition) is 3. The monoisotopic (exact) mass is 403 g/mol. The number of rotatable bonds is 4. The van der Waals surface area contributed by atoms with Gasteiger partial charge < -0.3 is 5.32 Å². The van der Waals surface area contributed by atoms with E-state index >= 15 is 0 Å². The first-order valence-electron chi connectivity index (χ1n) is 8.72. The number of sulfonamides is 1. The lowest BCUT2D eigenvalue weighted by molar-refractivity contribution is -0.136. The molecule has 2 rings (SSSR count). The van der Waals surface area contributed by atoms with E-state index in [0.717, 1.165) is 22.3 Å². The molecule has 3 N–H and O–H groups in total. The lowest BCUT2D eigenvalue weighted by atomic mass is 9.95.